The van der Waals surface area contributed by atoms with E-state index in [4.69, 9.17) is 0 Å². The summed E-state index contributed by atoms with van der Waals surface area (Å²) in [4.78, 5) is 9.86. The highest BCUT2D eigenvalue weighted by molar-refractivity contribution is 5.46. The summed E-state index contributed by atoms with van der Waals surface area (Å²) in [6.45, 7) is 12.4. The van der Waals surface area contributed by atoms with Crippen LogP contribution in [0.5, 0.6) is 0 Å². The monoisotopic (exact) mass is 243 g/mol. The summed E-state index contributed by atoms with van der Waals surface area (Å²) in [6.07, 6.45) is 0.588. The molecule has 0 aromatic heterocycles. The maximum absolute atomic E-state index is 12.5. The van der Waals surface area contributed by atoms with Gasteiger partial charge < -0.3 is 5.32 Å². The zero-order valence-electron chi connectivity index (χ0n) is 11.9. The molecule has 17 heavy (non-hydrogen) atoms. The molecule has 1 aromatic rings. The van der Waals surface area contributed by atoms with Gasteiger partial charge in [-0.25, -0.2) is 4.39 Å². The van der Waals surface area contributed by atoms with Crippen LogP contribution in [0.15, 0.2) is 24.3 Å². The van der Waals surface area contributed by atoms with Crippen molar-refractivity contribution in [1.29, 1.82) is 0 Å². The summed E-state index contributed by atoms with van der Waals surface area (Å²) < 4.78 is 12.5. The van der Waals surface area contributed by atoms with E-state index in [9.17, 15) is 9.18 Å². The van der Waals surface area contributed by atoms with Crippen molar-refractivity contribution in [3.8, 4) is 0 Å². The second kappa shape index (κ2) is 20.1. The first-order valence-electron chi connectivity index (χ1n) is 6.24. The third-order valence-corrected chi connectivity index (χ3v) is 1.28. The molecule has 0 unspecified atom stereocenters. The van der Waals surface area contributed by atoms with Crippen LogP contribution in [0.3, 0.4) is 0 Å². The summed E-state index contributed by atoms with van der Waals surface area (Å²) in [5.41, 5.74) is 0.761. The van der Waals surface area contributed by atoms with E-state index in [1.807, 2.05) is 41.5 Å². The zero-order chi connectivity index (χ0) is 14.1. The zero-order valence-corrected chi connectivity index (χ0v) is 11.9. The molecule has 0 aliphatic heterocycles. The molecule has 0 saturated carbocycles. The molecule has 2 nitrogen and oxygen atoms in total. The summed E-state index contributed by atoms with van der Waals surface area (Å²) in [7, 11) is 0. The predicted octanol–water partition coefficient (Wildman–Crippen LogP) is 4.15. The van der Waals surface area contributed by atoms with E-state index in [0.29, 0.717) is 13.0 Å². The first-order valence-corrected chi connectivity index (χ1v) is 6.24. The quantitative estimate of drug-likeness (QED) is 0.794. The Bertz CT molecular complexity index is 252. The van der Waals surface area contributed by atoms with E-state index in [1.165, 1.54) is 12.1 Å². The maximum atomic E-state index is 12.5. The second-order valence-corrected chi connectivity index (χ2v) is 2.13. The molecular formula is C14H26FNO. The van der Waals surface area contributed by atoms with Crippen LogP contribution in [0.1, 0.15) is 47.1 Å². The molecule has 0 radical (unpaired) electrons. The number of carbonyl (C=O) groups is 1. The lowest BCUT2D eigenvalue weighted by molar-refractivity contribution is -0.109. The summed E-state index contributed by atoms with van der Waals surface area (Å²) in [5, 5.41) is 2.44. The molecule has 0 atom stereocenters. The topological polar surface area (TPSA) is 29.1 Å². The Balaban J connectivity index is -0.000000285. The first kappa shape index (κ1) is 21.0. The second-order valence-electron chi connectivity index (χ2n) is 2.13. The Labute approximate surface area is 105 Å². The average Bonchev–Trinajstić information content (AvgIpc) is 2.43. The van der Waals surface area contributed by atoms with Gasteiger partial charge >= 0.3 is 0 Å². The van der Waals surface area contributed by atoms with Gasteiger partial charge in [0, 0.05) is 6.54 Å². The van der Waals surface area contributed by atoms with Gasteiger partial charge in [0.25, 0.3) is 0 Å². The highest BCUT2D eigenvalue weighted by Crippen LogP contribution is 2.01. The van der Waals surface area contributed by atoms with E-state index in [1.54, 1.807) is 12.1 Å². The Morgan fingerprint density at radius 1 is 1.12 bits per heavy atom. The van der Waals surface area contributed by atoms with Gasteiger partial charge in [-0.05, 0) is 17.7 Å². The van der Waals surface area contributed by atoms with Crippen molar-refractivity contribution >= 4 is 6.41 Å². The Hall–Kier alpha value is -1.38. The Morgan fingerprint density at radius 2 is 1.65 bits per heavy atom. The van der Waals surface area contributed by atoms with Gasteiger partial charge in [0.05, 0.1) is 0 Å². The lowest BCUT2D eigenvalue weighted by atomic mass is 10.2. The SMILES string of the molecule is CC.CC.CC.O=CNCc1cccc(F)c1. The number of benzene rings is 1. The largest absolute Gasteiger partial charge is 0.355 e. The van der Waals surface area contributed by atoms with E-state index in [-0.39, 0.29) is 5.82 Å². The molecule has 1 rings (SSSR count). The number of hydrogen-bond acceptors (Lipinski definition) is 1. The highest BCUT2D eigenvalue weighted by atomic mass is 19.1. The number of rotatable bonds is 3. The fraction of sp³-hybridized carbons (Fsp3) is 0.500. The molecule has 0 aliphatic rings. The molecule has 1 amide bonds. The van der Waals surface area contributed by atoms with Gasteiger partial charge in [0.1, 0.15) is 5.82 Å². The molecule has 0 bridgehead atoms. The molecule has 0 spiro atoms. The third kappa shape index (κ3) is 14.6. The van der Waals surface area contributed by atoms with Crippen molar-refractivity contribution in [3.05, 3.63) is 35.6 Å². The van der Waals surface area contributed by atoms with Gasteiger partial charge in [-0.3, -0.25) is 4.79 Å². The molecular weight excluding hydrogens is 217 g/mol. The third-order valence-electron chi connectivity index (χ3n) is 1.28. The summed E-state index contributed by atoms with van der Waals surface area (Å²) in [6, 6.07) is 6.11. The van der Waals surface area contributed by atoms with Crippen LogP contribution in [-0.2, 0) is 11.3 Å². The van der Waals surface area contributed by atoms with Crippen molar-refractivity contribution in [2.45, 2.75) is 48.1 Å². The number of amides is 1. The molecule has 0 saturated heterocycles. The molecule has 1 aromatic carbocycles. The van der Waals surface area contributed by atoms with Crippen molar-refractivity contribution in [2.24, 2.45) is 0 Å². The van der Waals surface area contributed by atoms with Crippen molar-refractivity contribution in [1.82, 2.24) is 5.32 Å². The van der Waals surface area contributed by atoms with Crippen LogP contribution < -0.4 is 5.32 Å². The van der Waals surface area contributed by atoms with E-state index < -0.39 is 0 Å². The van der Waals surface area contributed by atoms with Crippen LogP contribution in [0, 0.1) is 5.82 Å². The molecule has 0 fully saturated rings. The molecule has 0 aliphatic carbocycles. The summed E-state index contributed by atoms with van der Waals surface area (Å²) >= 11 is 0. The smallest absolute Gasteiger partial charge is 0.207 e. The molecule has 100 valence electrons. The Morgan fingerprint density at radius 3 is 2.06 bits per heavy atom. The van der Waals surface area contributed by atoms with Crippen LogP contribution in [0.4, 0.5) is 4.39 Å². The number of carbonyl (C=O) groups excluding carboxylic acids is 1. The molecule has 1 N–H and O–H groups in total. The lowest BCUT2D eigenvalue weighted by Gasteiger charge is -1.97. The minimum atomic E-state index is -0.282. The first-order chi connectivity index (χ1) is 8.33. The lowest BCUT2D eigenvalue weighted by Crippen LogP contribution is -2.09. The average molecular weight is 243 g/mol. The van der Waals surface area contributed by atoms with E-state index >= 15 is 0 Å². The van der Waals surface area contributed by atoms with Gasteiger partial charge in [0.15, 0.2) is 0 Å². The molecule has 0 heterocycles. The minimum Gasteiger partial charge on any atom is -0.355 e. The van der Waals surface area contributed by atoms with Crippen molar-refractivity contribution in [3.63, 3.8) is 0 Å². The number of hydrogen-bond donors (Lipinski definition) is 1. The fourth-order valence-corrected chi connectivity index (χ4v) is 0.806. The van der Waals surface area contributed by atoms with Crippen molar-refractivity contribution in [2.75, 3.05) is 0 Å². The van der Waals surface area contributed by atoms with Crippen molar-refractivity contribution < 1.29 is 9.18 Å². The maximum Gasteiger partial charge on any atom is 0.207 e. The minimum absolute atomic E-state index is 0.282. The van der Waals surface area contributed by atoms with Crippen LogP contribution in [0.25, 0.3) is 0 Å². The number of nitrogens with one attached hydrogen (secondary N) is 1. The van der Waals surface area contributed by atoms with E-state index in [0.717, 1.165) is 5.56 Å². The highest BCUT2D eigenvalue weighted by Gasteiger charge is 1.92. The van der Waals surface area contributed by atoms with Gasteiger partial charge in [-0.2, -0.15) is 0 Å². The predicted molar refractivity (Wildman–Crippen MR) is 73.3 cm³/mol. The summed E-state index contributed by atoms with van der Waals surface area (Å²) in [5.74, 6) is -0.282. The fourth-order valence-electron chi connectivity index (χ4n) is 0.806. The number of halogens is 1. The standard InChI is InChI=1S/C8H8FNO.3C2H6/c9-8-3-1-2-7(4-8)5-10-6-11;3*1-2/h1-4,6H,5H2,(H,10,11);3*1-2H3. The normalized spacial score (nSPS) is 7.00. The van der Waals surface area contributed by atoms with Crippen LogP contribution in [-0.4, -0.2) is 6.41 Å². The Kier molecular flexibility index (Phi) is 24.8. The van der Waals surface area contributed by atoms with Crippen LogP contribution in [0.2, 0.25) is 0 Å². The van der Waals surface area contributed by atoms with Gasteiger partial charge in [-0.15, -0.1) is 0 Å². The molecule has 3 heteroatoms. The van der Waals surface area contributed by atoms with Crippen LogP contribution >= 0.6 is 0 Å². The van der Waals surface area contributed by atoms with Gasteiger partial charge in [-0.1, -0.05) is 53.7 Å². The van der Waals surface area contributed by atoms with Gasteiger partial charge in [0.2, 0.25) is 6.41 Å². The van der Waals surface area contributed by atoms with E-state index in [2.05, 4.69) is 5.32 Å².